The number of hydrogen-bond donors (Lipinski definition) is 2. The van der Waals surface area contributed by atoms with Crippen LogP contribution in [0, 0.1) is 0 Å². The first-order valence-corrected chi connectivity index (χ1v) is 8.49. The number of nitrogens with one attached hydrogen (secondary N) is 2. The van der Waals surface area contributed by atoms with Crippen molar-refractivity contribution in [2.75, 3.05) is 11.9 Å². The average molecular weight is 342 g/mol. The molecule has 4 rings (SSSR count). The summed E-state index contributed by atoms with van der Waals surface area (Å²) >= 11 is 0. The Hall–Kier alpha value is -3.47. The first kappa shape index (κ1) is 16.0. The zero-order valence-electron chi connectivity index (χ0n) is 14.1. The molecule has 1 atom stereocenters. The molecule has 1 unspecified atom stereocenters. The summed E-state index contributed by atoms with van der Waals surface area (Å²) in [6.07, 6.45) is 1.68. The predicted octanol–water partition coefficient (Wildman–Crippen LogP) is 3.43. The van der Waals surface area contributed by atoms with Crippen LogP contribution in [0.25, 0.3) is 0 Å². The van der Waals surface area contributed by atoms with Crippen LogP contribution in [-0.2, 0) is 0 Å². The monoisotopic (exact) mass is 342 g/mol. The van der Waals surface area contributed by atoms with E-state index in [4.69, 9.17) is 4.99 Å². The van der Waals surface area contributed by atoms with Gasteiger partial charge < -0.3 is 10.6 Å². The summed E-state index contributed by atoms with van der Waals surface area (Å²) in [5.74, 6) is 1.14. The van der Waals surface area contributed by atoms with Gasteiger partial charge >= 0.3 is 0 Å². The maximum atomic E-state index is 12.3. The van der Waals surface area contributed by atoms with Crippen LogP contribution in [0.1, 0.15) is 27.5 Å². The quantitative estimate of drug-likeness (QED) is 0.763. The number of benzene rings is 2. The fourth-order valence-electron chi connectivity index (χ4n) is 2.91. The summed E-state index contributed by atoms with van der Waals surface area (Å²) in [6.45, 7) is 0.757. The molecule has 1 amide bonds. The van der Waals surface area contributed by atoms with Gasteiger partial charge in [-0.15, -0.1) is 0 Å². The Morgan fingerprint density at radius 3 is 2.50 bits per heavy atom. The molecule has 5 heteroatoms. The summed E-state index contributed by atoms with van der Waals surface area (Å²) in [5, 5.41) is 6.18. The molecular weight excluding hydrogens is 324 g/mol. The van der Waals surface area contributed by atoms with Crippen molar-refractivity contribution < 1.29 is 4.79 Å². The highest BCUT2D eigenvalue weighted by molar-refractivity contribution is 6.05. The Balaban J connectivity index is 1.52. The molecule has 0 spiro atoms. The molecule has 1 aliphatic rings. The van der Waals surface area contributed by atoms with E-state index in [0.29, 0.717) is 11.4 Å². The van der Waals surface area contributed by atoms with Gasteiger partial charge in [0.2, 0.25) is 0 Å². The van der Waals surface area contributed by atoms with E-state index in [-0.39, 0.29) is 11.9 Å². The highest BCUT2D eigenvalue weighted by Gasteiger charge is 2.19. The van der Waals surface area contributed by atoms with Crippen LogP contribution in [0.2, 0.25) is 0 Å². The van der Waals surface area contributed by atoms with E-state index >= 15 is 0 Å². The summed E-state index contributed by atoms with van der Waals surface area (Å²) in [6, 6.07) is 23.1. The third-order valence-electron chi connectivity index (χ3n) is 4.24. The van der Waals surface area contributed by atoms with Gasteiger partial charge in [0.15, 0.2) is 0 Å². The van der Waals surface area contributed by atoms with Crippen LogP contribution in [0.4, 0.5) is 5.82 Å². The number of anilines is 1. The molecule has 3 aromatic rings. The van der Waals surface area contributed by atoms with Gasteiger partial charge in [-0.25, -0.2) is 4.98 Å². The van der Waals surface area contributed by atoms with E-state index in [0.717, 1.165) is 17.9 Å². The molecule has 1 aromatic heterocycles. The van der Waals surface area contributed by atoms with Gasteiger partial charge in [-0.3, -0.25) is 9.79 Å². The highest BCUT2D eigenvalue weighted by Crippen LogP contribution is 2.22. The molecule has 1 aliphatic heterocycles. The van der Waals surface area contributed by atoms with E-state index in [9.17, 15) is 4.79 Å². The lowest BCUT2D eigenvalue weighted by molar-refractivity contribution is 0.102. The number of hydrogen-bond acceptors (Lipinski definition) is 4. The number of aromatic nitrogens is 1. The second-order valence-electron chi connectivity index (χ2n) is 6.03. The summed E-state index contributed by atoms with van der Waals surface area (Å²) < 4.78 is 0. The fourth-order valence-corrected chi connectivity index (χ4v) is 2.91. The standard InChI is InChI=1S/C21H18N4O/c26-21(16-9-5-2-6-10-16)25-19-13-17(11-12-22-19)20-23-14-18(24-20)15-7-3-1-4-8-15/h1-13,18H,14H2,(H,23,24)(H,22,25,26). The molecular formula is C21H18N4O. The summed E-state index contributed by atoms with van der Waals surface area (Å²) in [4.78, 5) is 21.3. The van der Waals surface area contributed by atoms with Crippen LogP contribution in [0.3, 0.4) is 0 Å². The van der Waals surface area contributed by atoms with Crippen molar-refractivity contribution in [1.29, 1.82) is 0 Å². The van der Waals surface area contributed by atoms with Crippen LogP contribution < -0.4 is 10.6 Å². The van der Waals surface area contributed by atoms with Gasteiger partial charge in [0, 0.05) is 23.9 Å². The number of aliphatic imine (C=N–C) groups is 1. The Kier molecular flexibility index (Phi) is 4.43. The number of pyridine rings is 1. The van der Waals surface area contributed by atoms with Crippen molar-refractivity contribution in [2.45, 2.75) is 6.04 Å². The number of rotatable bonds is 4. The molecule has 0 bridgehead atoms. The van der Waals surface area contributed by atoms with E-state index < -0.39 is 0 Å². The topological polar surface area (TPSA) is 66.4 Å². The molecule has 128 valence electrons. The third kappa shape index (κ3) is 3.47. The Labute approximate surface area is 151 Å². The molecule has 26 heavy (non-hydrogen) atoms. The molecule has 0 fully saturated rings. The fraction of sp³-hybridized carbons (Fsp3) is 0.0952. The summed E-state index contributed by atoms with van der Waals surface area (Å²) in [5.41, 5.74) is 2.68. The molecule has 5 nitrogen and oxygen atoms in total. The van der Waals surface area contributed by atoms with E-state index in [1.807, 2.05) is 48.5 Å². The first-order valence-electron chi connectivity index (χ1n) is 8.49. The van der Waals surface area contributed by atoms with Gasteiger partial charge in [0.05, 0.1) is 6.04 Å². The van der Waals surface area contributed by atoms with Crippen molar-refractivity contribution in [3.63, 3.8) is 0 Å². The highest BCUT2D eigenvalue weighted by atomic mass is 16.1. The van der Waals surface area contributed by atoms with Crippen LogP contribution >= 0.6 is 0 Å². The van der Waals surface area contributed by atoms with Crippen LogP contribution in [-0.4, -0.2) is 23.3 Å². The SMILES string of the molecule is O=C(Nc1cc(C2=NC(c3ccccc3)CN2)ccn1)c1ccccc1. The van der Waals surface area contributed by atoms with Crippen LogP contribution in [0.5, 0.6) is 0 Å². The number of amides is 1. The molecule has 2 heterocycles. The van der Waals surface area contributed by atoms with E-state index in [1.165, 1.54) is 5.56 Å². The zero-order valence-corrected chi connectivity index (χ0v) is 14.1. The molecule has 0 saturated heterocycles. The van der Waals surface area contributed by atoms with Crippen molar-refractivity contribution >= 4 is 17.6 Å². The van der Waals surface area contributed by atoms with Gasteiger partial charge in [0.25, 0.3) is 5.91 Å². The van der Waals surface area contributed by atoms with Crippen molar-refractivity contribution in [3.05, 3.63) is 95.7 Å². The minimum Gasteiger partial charge on any atom is -0.367 e. The maximum absolute atomic E-state index is 12.3. The molecule has 0 aliphatic carbocycles. The van der Waals surface area contributed by atoms with Crippen molar-refractivity contribution in [3.8, 4) is 0 Å². The second-order valence-corrected chi connectivity index (χ2v) is 6.03. The molecule has 2 N–H and O–H groups in total. The molecule has 0 saturated carbocycles. The Morgan fingerprint density at radius 2 is 1.73 bits per heavy atom. The van der Waals surface area contributed by atoms with Crippen LogP contribution in [0.15, 0.2) is 84.0 Å². The minimum atomic E-state index is -0.182. The lowest BCUT2D eigenvalue weighted by atomic mass is 10.1. The minimum absolute atomic E-state index is 0.0988. The summed E-state index contributed by atoms with van der Waals surface area (Å²) in [7, 11) is 0. The average Bonchev–Trinajstić information content (AvgIpc) is 3.20. The maximum Gasteiger partial charge on any atom is 0.256 e. The molecule has 0 radical (unpaired) electrons. The smallest absolute Gasteiger partial charge is 0.256 e. The Bertz CT molecular complexity index is 938. The van der Waals surface area contributed by atoms with Gasteiger partial charge in [-0.1, -0.05) is 48.5 Å². The van der Waals surface area contributed by atoms with Gasteiger partial charge in [-0.05, 0) is 29.8 Å². The number of carbonyl (C=O) groups excluding carboxylic acids is 1. The van der Waals surface area contributed by atoms with Crippen molar-refractivity contribution in [2.24, 2.45) is 4.99 Å². The Morgan fingerprint density at radius 1 is 1.00 bits per heavy atom. The van der Waals surface area contributed by atoms with Gasteiger partial charge in [-0.2, -0.15) is 0 Å². The lowest BCUT2D eigenvalue weighted by Crippen LogP contribution is -2.20. The number of carbonyl (C=O) groups is 1. The van der Waals surface area contributed by atoms with E-state index in [2.05, 4.69) is 27.8 Å². The number of amidine groups is 1. The third-order valence-corrected chi connectivity index (χ3v) is 4.24. The lowest BCUT2D eigenvalue weighted by Gasteiger charge is -2.07. The molecule has 2 aromatic carbocycles. The predicted molar refractivity (Wildman–Crippen MR) is 102 cm³/mol. The number of nitrogens with zero attached hydrogens (tertiary/aromatic N) is 2. The van der Waals surface area contributed by atoms with Crippen molar-refractivity contribution in [1.82, 2.24) is 10.3 Å². The largest absolute Gasteiger partial charge is 0.367 e. The first-order chi connectivity index (χ1) is 12.8. The van der Waals surface area contributed by atoms with E-state index in [1.54, 1.807) is 18.3 Å². The normalized spacial score (nSPS) is 15.8. The van der Waals surface area contributed by atoms with Gasteiger partial charge in [0.1, 0.15) is 11.7 Å². The zero-order chi connectivity index (χ0) is 17.8. The second kappa shape index (κ2) is 7.19.